The molecule has 2 fully saturated rings. The van der Waals surface area contributed by atoms with E-state index in [-0.39, 0.29) is 5.41 Å². The van der Waals surface area contributed by atoms with E-state index in [2.05, 4.69) is 19.9 Å². The molecule has 4 unspecified atom stereocenters. The normalized spacial score (nSPS) is 41.3. The van der Waals surface area contributed by atoms with Crippen molar-refractivity contribution in [2.75, 3.05) is 0 Å². The number of hydrogen-bond acceptors (Lipinski definition) is 2. The molecule has 0 bridgehead atoms. The molecular formula is C19H24O2. The van der Waals surface area contributed by atoms with E-state index in [9.17, 15) is 9.90 Å². The van der Waals surface area contributed by atoms with E-state index >= 15 is 0 Å². The fraction of sp³-hybridized carbons (Fsp3) is 0.632. The zero-order chi connectivity index (χ0) is 14.8. The second kappa shape index (κ2) is 4.34. The van der Waals surface area contributed by atoms with Crippen LogP contribution in [0.3, 0.4) is 0 Å². The highest BCUT2D eigenvalue weighted by molar-refractivity contribution is 5.87. The van der Waals surface area contributed by atoms with Crippen molar-refractivity contribution in [2.24, 2.45) is 23.2 Å². The molecule has 0 aliphatic heterocycles. The van der Waals surface area contributed by atoms with Crippen LogP contribution in [-0.2, 0) is 11.2 Å². The molecule has 4 rings (SSSR count). The summed E-state index contributed by atoms with van der Waals surface area (Å²) in [5, 5.41) is 9.75. The fourth-order valence-electron chi connectivity index (χ4n) is 5.74. The summed E-state index contributed by atoms with van der Waals surface area (Å²) in [5.74, 6) is 3.31. The molecule has 3 aliphatic rings. The van der Waals surface area contributed by atoms with Crippen LogP contribution in [0.15, 0.2) is 18.2 Å². The largest absolute Gasteiger partial charge is 0.508 e. The molecule has 0 radical (unpaired) electrons. The first-order chi connectivity index (χ1) is 10.0. The number of carbonyl (C=O) groups is 1. The molecule has 2 heteroatoms. The summed E-state index contributed by atoms with van der Waals surface area (Å²) < 4.78 is 0. The number of fused-ring (bicyclic) bond motifs is 5. The van der Waals surface area contributed by atoms with Crippen molar-refractivity contribution in [1.29, 1.82) is 0 Å². The van der Waals surface area contributed by atoms with Crippen LogP contribution in [0.1, 0.15) is 56.6 Å². The second-order valence-electron chi connectivity index (χ2n) is 7.77. The van der Waals surface area contributed by atoms with Crippen molar-refractivity contribution >= 4 is 5.78 Å². The van der Waals surface area contributed by atoms with Gasteiger partial charge in [0.1, 0.15) is 11.5 Å². The molecule has 2 saturated carbocycles. The minimum absolute atomic E-state index is 0.0517. The topological polar surface area (TPSA) is 37.3 Å². The van der Waals surface area contributed by atoms with Gasteiger partial charge in [-0.2, -0.15) is 0 Å². The van der Waals surface area contributed by atoms with Crippen molar-refractivity contribution in [3.05, 3.63) is 29.3 Å². The summed E-state index contributed by atoms with van der Waals surface area (Å²) in [4.78, 5) is 12.4. The minimum Gasteiger partial charge on any atom is -0.508 e. The average molecular weight is 284 g/mol. The molecule has 0 amide bonds. The number of phenolic OH excluding ortho intramolecular Hbond substituents is 1. The number of rotatable bonds is 0. The Balaban J connectivity index is 1.77. The lowest BCUT2D eigenvalue weighted by Gasteiger charge is -2.51. The Kier molecular flexibility index (Phi) is 2.76. The van der Waals surface area contributed by atoms with Crippen molar-refractivity contribution in [3.63, 3.8) is 0 Å². The van der Waals surface area contributed by atoms with Gasteiger partial charge in [0.25, 0.3) is 0 Å². The number of hydrogen-bond donors (Lipinski definition) is 1. The van der Waals surface area contributed by atoms with E-state index in [1.165, 1.54) is 11.1 Å². The lowest BCUT2D eigenvalue weighted by molar-refractivity contribution is -0.129. The van der Waals surface area contributed by atoms with Crippen molar-refractivity contribution in [1.82, 2.24) is 0 Å². The minimum atomic E-state index is -0.0517. The van der Waals surface area contributed by atoms with Crippen LogP contribution in [0.5, 0.6) is 5.75 Å². The number of phenols is 1. The van der Waals surface area contributed by atoms with Crippen molar-refractivity contribution < 1.29 is 9.90 Å². The third kappa shape index (κ3) is 1.74. The zero-order valence-corrected chi connectivity index (χ0v) is 12.9. The van der Waals surface area contributed by atoms with E-state index in [4.69, 9.17) is 0 Å². The Labute approximate surface area is 126 Å². The quantitative estimate of drug-likeness (QED) is 0.780. The van der Waals surface area contributed by atoms with Gasteiger partial charge >= 0.3 is 0 Å². The first-order valence-electron chi connectivity index (χ1n) is 8.36. The first kappa shape index (κ1) is 13.4. The van der Waals surface area contributed by atoms with Crippen LogP contribution < -0.4 is 0 Å². The molecule has 112 valence electrons. The summed E-state index contributed by atoms with van der Waals surface area (Å²) in [6, 6.07) is 5.92. The van der Waals surface area contributed by atoms with E-state index in [1.807, 2.05) is 12.1 Å². The van der Waals surface area contributed by atoms with Gasteiger partial charge in [-0.05, 0) is 72.6 Å². The van der Waals surface area contributed by atoms with Crippen molar-refractivity contribution in [2.45, 2.75) is 51.9 Å². The van der Waals surface area contributed by atoms with Gasteiger partial charge in [-0.1, -0.05) is 19.9 Å². The molecule has 0 aromatic heterocycles. The number of benzene rings is 1. The predicted octanol–water partition coefficient (Wildman–Crippen LogP) is 4.06. The van der Waals surface area contributed by atoms with Gasteiger partial charge in [0, 0.05) is 11.8 Å². The lowest BCUT2D eigenvalue weighted by Crippen LogP contribution is -2.45. The van der Waals surface area contributed by atoms with Crippen LogP contribution in [0.4, 0.5) is 0 Å². The number of carbonyl (C=O) groups excluding carboxylic acids is 1. The maximum Gasteiger partial charge on any atom is 0.139 e. The third-order valence-corrected chi connectivity index (χ3v) is 6.77. The lowest BCUT2D eigenvalue weighted by atomic mass is 9.53. The SMILES string of the molecule is CC1Cc2cc(O)ccc2C2CC[C@]3(C)C(=O)CCC3C12. The average Bonchev–Trinajstić information content (AvgIpc) is 2.74. The first-order valence-corrected chi connectivity index (χ1v) is 8.36. The maximum atomic E-state index is 12.4. The Hall–Kier alpha value is -1.31. The van der Waals surface area contributed by atoms with Gasteiger partial charge in [-0.25, -0.2) is 0 Å². The summed E-state index contributed by atoms with van der Waals surface area (Å²) in [6.45, 7) is 4.57. The molecule has 0 saturated heterocycles. The highest BCUT2D eigenvalue weighted by atomic mass is 16.3. The molecule has 1 aromatic rings. The zero-order valence-electron chi connectivity index (χ0n) is 12.9. The molecule has 21 heavy (non-hydrogen) atoms. The van der Waals surface area contributed by atoms with Crippen LogP contribution >= 0.6 is 0 Å². The molecule has 5 atom stereocenters. The highest BCUT2D eigenvalue weighted by Gasteiger charge is 2.56. The van der Waals surface area contributed by atoms with Crippen LogP contribution in [0, 0.1) is 23.2 Å². The van der Waals surface area contributed by atoms with E-state index in [1.54, 1.807) is 0 Å². The number of aromatic hydroxyl groups is 1. The Bertz CT molecular complexity index is 606. The van der Waals surface area contributed by atoms with E-state index in [0.29, 0.717) is 35.2 Å². The summed E-state index contributed by atoms with van der Waals surface area (Å²) in [6.07, 6.45) is 5.11. The van der Waals surface area contributed by atoms with Gasteiger partial charge < -0.3 is 5.11 Å². The van der Waals surface area contributed by atoms with Gasteiger partial charge in [0.05, 0.1) is 0 Å². The molecule has 3 aliphatic carbocycles. The Morgan fingerprint density at radius 3 is 2.90 bits per heavy atom. The monoisotopic (exact) mass is 284 g/mol. The fourth-order valence-corrected chi connectivity index (χ4v) is 5.74. The molecule has 1 aromatic carbocycles. The molecular weight excluding hydrogens is 260 g/mol. The summed E-state index contributed by atoms with van der Waals surface area (Å²) in [7, 11) is 0. The Morgan fingerprint density at radius 2 is 2.10 bits per heavy atom. The Morgan fingerprint density at radius 1 is 1.29 bits per heavy atom. The standard InChI is InChI=1S/C19H24O2/c1-11-9-12-10-13(20)3-4-14(12)15-7-8-19(2)16(18(11)15)5-6-17(19)21/h3-4,10-11,15-16,18,20H,5-9H2,1-2H3/t11?,15?,16?,18?,19-/m0/s1. The third-order valence-electron chi connectivity index (χ3n) is 6.77. The highest BCUT2D eigenvalue weighted by Crippen LogP contribution is 2.60. The maximum absolute atomic E-state index is 12.4. The van der Waals surface area contributed by atoms with Crippen molar-refractivity contribution in [3.8, 4) is 5.75 Å². The molecule has 1 N–H and O–H groups in total. The smallest absolute Gasteiger partial charge is 0.139 e. The van der Waals surface area contributed by atoms with E-state index < -0.39 is 0 Å². The number of ketones is 1. The van der Waals surface area contributed by atoms with Gasteiger partial charge in [0.15, 0.2) is 0 Å². The van der Waals surface area contributed by atoms with Gasteiger partial charge in [0.2, 0.25) is 0 Å². The van der Waals surface area contributed by atoms with Crippen LogP contribution in [0.25, 0.3) is 0 Å². The predicted molar refractivity (Wildman–Crippen MR) is 82.3 cm³/mol. The van der Waals surface area contributed by atoms with Gasteiger partial charge in [-0.15, -0.1) is 0 Å². The molecule has 0 heterocycles. The summed E-state index contributed by atoms with van der Waals surface area (Å²) in [5.41, 5.74) is 2.72. The van der Waals surface area contributed by atoms with Gasteiger partial charge in [-0.3, -0.25) is 4.79 Å². The van der Waals surface area contributed by atoms with Crippen LogP contribution in [-0.4, -0.2) is 10.9 Å². The summed E-state index contributed by atoms with van der Waals surface area (Å²) >= 11 is 0. The molecule has 0 spiro atoms. The second-order valence-corrected chi connectivity index (χ2v) is 7.77. The van der Waals surface area contributed by atoms with E-state index in [0.717, 1.165) is 32.1 Å². The number of Topliss-reactive ketones (excluding diaryl/α,β-unsaturated/α-hetero) is 1. The molecule has 2 nitrogen and oxygen atoms in total. The van der Waals surface area contributed by atoms with Crippen LogP contribution in [0.2, 0.25) is 0 Å².